The summed E-state index contributed by atoms with van der Waals surface area (Å²) in [6.07, 6.45) is -3.83. The summed E-state index contributed by atoms with van der Waals surface area (Å²) < 4.78 is 78.2. The van der Waals surface area contributed by atoms with Crippen LogP contribution in [0.2, 0.25) is 0 Å². The molecule has 3 aromatic heterocycles. The van der Waals surface area contributed by atoms with Gasteiger partial charge in [-0.3, -0.25) is 9.36 Å². The van der Waals surface area contributed by atoms with Crippen LogP contribution in [0, 0.1) is 11.6 Å². The number of pyridine rings is 2. The van der Waals surface area contributed by atoms with E-state index in [0.717, 1.165) is 23.9 Å². The first-order chi connectivity index (χ1) is 16.5. The Bertz CT molecular complexity index is 1310. The van der Waals surface area contributed by atoms with Gasteiger partial charge in [-0.15, -0.1) is 5.10 Å². The first-order valence-electron chi connectivity index (χ1n) is 9.70. The average Bonchev–Trinajstić information content (AvgIpc) is 3.13. The number of halogens is 5. The van der Waals surface area contributed by atoms with E-state index in [4.69, 9.17) is 4.74 Å². The van der Waals surface area contributed by atoms with Crippen molar-refractivity contribution in [2.24, 2.45) is 0 Å². The van der Waals surface area contributed by atoms with Gasteiger partial charge in [-0.25, -0.2) is 18.6 Å². The van der Waals surface area contributed by atoms with Gasteiger partial charge in [0.25, 0.3) is 5.91 Å². The molecule has 3 rings (SSSR count). The Morgan fingerprint density at radius 2 is 1.94 bits per heavy atom. The molecule has 35 heavy (non-hydrogen) atoms. The fourth-order valence-corrected chi connectivity index (χ4v) is 2.91. The van der Waals surface area contributed by atoms with E-state index in [-0.39, 0.29) is 18.2 Å². The topological polar surface area (TPSA) is 133 Å². The van der Waals surface area contributed by atoms with Crippen molar-refractivity contribution in [1.29, 1.82) is 0 Å². The largest absolute Gasteiger partial charge is 0.479 e. The monoisotopic (exact) mass is 504 g/mol. The van der Waals surface area contributed by atoms with Gasteiger partial charge in [0.15, 0.2) is 29.9 Å². The number of aromatic nitrogens is 5. The molecule has 1 amide bonds. The lowest BCUT2D eigenvalue weighted by atomic mass is 10.2. The second kappa shape index (κ2) is 10.0. The van der Waals surface area contributed by atoms with E-state index in [9.17, 15) is 36.6 Å². The van der Waals surface area contributed by atoms with Crippen LogP contribution in [0.5, 0.6) is 11.8 Å². The third kappa shape index (κ3) is 5.37. The number of anilines is 1. The van der Waals surface area contributed by atoms with Crippen molar-refractivity contribution in [2.75, 3.05) is 19.0 Å². The fraction of sp³-hybridized carbons (Fsp3) is 0.316. The van der Waals surface area contributed by atoms with Gasteiger partial charge in [0.1, 0.15) is 17.9 Å². The van der Waals surface area contributed by atoms with E-state index < -0.39 is 65.6 Å². The van der Waals surface area contributed by atoms with E-state index in [2.05, 4.69) is 19.8 Å². The number of ether oxygens (including phenoxy) is 2. The van der Waals surface area contributed by atoms with E-state index in [1.54, 1.807) is 0 Å². The molecular weight excluding hydrogens is 487 g/mol. The summed E-state index contributed by atoms with van der Waals surface area (Å²) in [4.78, 5) is 32.5. The summed E-state index contributed by atoms with van der Waals surface area (Å²) in [5.41, 5.74) is -2.38. The molecule has 0 saturated heterocycles. The lowest BCUT2D eigenvalue weighted by Crippen LogP contribution is -2.27. The lowest BCUT2D eigenvalue weighted by Gasteiger charge is -2.15. The van der Waals surface area contributed by atoms with Crippen LogP contribution >= 0.6 is 0 Å². The van der Waals surface area contributed by atoms with Crippen LogP contribution in [0.4, 0.5) is 27.6 Å². The molecule has 3 aromatic rings. The Morgan fingerprint density at radius 1 is 1.23 bits per heavy atom. The number of carbonyl (C=O) groups is 1. The van der Waals surface area contributed by atoms with Gasteiger partial charge in [0, 0.05) is 12.7 Å². The van der Waals surface area contributed by atoms with Gasteiger partial charge < -0.3 is 19.9 Å². The minimum Gasteiger partial charge on any atom is -0.479 e. The Balaban J connectivity index is 2.12. The number of alkyl halides is 3. The number of rotatable bonds is 8. The minimum atomic E-state index is -4.87. The summed E-state index contributed by atoms with van der Waals surface area (Å²) in [5.74, 6) is -6.11. The Kier molecular flexibility index (Phi) is 7.33. The Morgan fingerprint density at radius 3 is 2.51 bits per heavy atom. The number of nitrogens with one attached hydrogen (secondary N) is 1. The molecular formula is C19H17F5N6O5. The maximum atomic E-state index is 14.9. The van der Waals surface area contributed by atoms with Gasteiger partial charge in [-0.05, 0) is 19.1 Å². The SMILES string of the molecule is CCn1c(CO)nn(-c2nc(OCC(F)(F)F)c(C(=O)Nc3c(F)ccnc3OC)cc2F)c1=O. The highest BCUT2D eigenvalue weighted by Crippen LogP contribution is 2.28. The molecule has 0 aliphatic carbocycles. The lowest BCUT2D eigenvalue weighted by molar-refractivity contribution is -0.154. The van der Waals surface area contributed by atoms with Crippen LogP contribution in [0.15, 0.2) is 23.1 Å². The number of aliphatic hydroxyl groups excluding tert-OH is 1. The molecule has 0 aromatic carbocycles. The molecule has 0 saturated carbocycles. The number of nitrogens with zero attached hydrogens (tertiary/aromatic N) is 5. The molecule has 0 atom stereocenters. The quantitative estimate of drug-likeness (QED) is 0.444. The van der Waals surface area contributed by atoms with Crippen molar-refractivity contribution in [3.8, 4) is 17.6 Å². The minimum absolute atomic E-state index is 0.0345. The zero-order chi connectivity index (χ0) is 25.9. The van der Waals surface area contributed by atoms with E-state index in [0.29, 0.717) is 10.7 Å². The predicted molar refractivity (Wildman–Crippen MR) is 107 cm³/mol. The van der Waals surface area contributed by atoms with Crippen LogP contribution in [-0.4, -0.2) is 55.2 Å². The zero-order valence-electron chi connectivity index (χ0n) is 18.1. The van der Waals surface area contributed by atoms with Crippen molar-refractivity contribution in [1.82, 2.24) is 24.3 Å². The van der Waals surface area contributed by atoms with Crippen LogP contribution in [0.3, 0.4) is 0 Å². The molecule has 0 radical (unpaired) electrons. The second-order valence-electron chi connectivity index (χ2n) is 6.69. The molecule has 16 heteroatoms. The fourth-order valence-electron chi connectivity index (χ4n) is 2.91. The predicted octanol–water partition coefficient (Wildman–Crippen LogP) is 1.82. The molecule has 3 heterocycles. The molecule has 0 aliphatic rings. The molecule has 0 fully saturated rings. The third-order valence-electron chi connectivity index (χ3n) is 4.43. The van der Waals surface area contributed by atoms with E-state index >= 15 is 0 Å². The number of amides is 1. The smallest absolute Gasteiger partial charge is 0.422 e. The molecule has 188 valence electrons. The summed E-state index contributed by atoms with van der Waals surface area (Å²) in [6.45, 7) is -1.05. The molecule has 0 aliphatic heterocycles. The average molecular weight is 504 g/mol. The Hall–Kier alpha value is -4.08. The number of aliphatic hydroxyl groups is 1. The highest BCUT2D eigenvalue weighted by molar-refractivity contribution is 6.06. The van der Waals surface area contributed by atoms with Crippen LogP contribution in [0.1, 0.15) is 23.1 Å². The van der Waals surface area contributed by atoms with Crippen LogP contribution < -0.4 is 20.5 Å². The van der Waals surface area contributed by atoms with E-state index in [1.165, 1.54) is 6.92 Å². The van der Waals surface area contributed by atoms with Crippen LogP contribution in [-0.2, 0) is 13.2 Å². The summed E-state index contributed by atoms with van der Waals surface area (Å²) in [5, 5.41) is 15.1. The van der Waals surface area contributed by atoms with Crippen molar-refractivity contribution in [3.05, 3.63) is 51.8 Å². The van der Waals surface area contributed by atoms with E-state index in [1.807, 2.05) is 5.32 Å². The molecule has 0 bridgehead atoms. The van der Waals surface area contributed by atoms with Crippen LogP contribution in [0.25, 0.3) is 5.82 Å². The maximum Gasteiger partial charge on any atom is 0.422 e. The van der Waals surface area contributed by atoms with Gasteiger partial charge in [-0.2, -0.15) is 22.8 Å². The van der Waals surface area contributed by atoms with Gasteiger partial charge in [0.2, 0.25) is 11.8 Å². The second-order valence-corrected chi connectivity index (χ2v) is 6.69. The third-order valence-corrected chi connectivity index (χ3v) is 4.43. The number of hydrogen-bond acceptors (Lipinski definition) is 8. The number of hydrogen-bond donors (Lipinski definition) is 2. The van der Waals surface area contributed by atoms with Gasteiger partial charge >= 0.3 is 11.9 Å². The first-order valence-corrected chi connectivity index (χ1v) is 9.70. The van der Waals surface area contributed by atoms with Crippen molar-refractivity contribution >= 4 is 11.6 Å². The normalized spacial score (nSPS) is 11.4. The standard InChI is InChI=1S/C19H17F5N6O5/c1-3-29-12(7-31)28-30(18(29)33)14-11(21)6-9(16(27-14)35-8-19(22,23)24)15(32)26-13-10(20)4-5-25-17(13)34-2/h4-6,31H,3,7-8H2,1-2H3,(H,26,32). The van der Waals surface area contributed by atoms with Crippen molar-refractivity contribution < 1.29 is 41.3 Å². The zero-order valence-corrected chi connectivity index (χ0v) is 18.1. The first kappa shape index (κ1) is 25.5. The molecule has 0 unspecified atom stereocenters. The highest BCUT2D eigenvalue weighted by Gasteiger charge is 2.31. The molecule has 11 nitrogen and oxygen atoms in total. The molecule has 0 spiro atoms. The Labute approximate surface area is 192 Å². The maximum absolute atomic E-state index is 14.9. The van der Waals surface area contributed by atoms with Gasteiger partial charge in [-0.1, -0.05) is 0 Å². The van der Waals surface area contributed by atoms with Crippen molar-refractivity contribution in [3.63, 3.8) is 0 Å². The molecule has 2 N–H and O–H groups in total. The highest BCUT2D eigenvalue weighted by atomic mass is 19.4. The van der Waals surface area contributed by atoms with Gasteiger partial charge in [0.05, 0.1) is 7.11 Å². The summed E-state index contributed by atoms with van der Waals surface area (Å²) in [7, 11) is 1.12. The summed E-state index contributed by atoms with van der Waals surface area (Å²) >= 11 is 0. The van der Waals surface area contributed by atoms with Crippen molar-refractivity contribution in [2.45, 2.75) is 26.3 Å². The summed E-state index contributed by atoms with van der Waals surface area (Å²) in [6, 6.07) is 1.32. The number of carbonyl (C=O) groups excluding carboxylic acids is 1. The number of methoxy groups -OCH3 is 1.